The van der Waals surface area contributed by atoms with Gasteiger partial charge in [-0.1, -0.05) is 0 Å². The van der Waals surface area contributed by atoms with Crippen molar-refractivity contribution in [1.82, 2.24) is 14.9 Å². The van der Waals surface area contributed by atoms with E-state index in [0.29, 0.717) is 7.66 Å². The summed E-state index contributed by atoms with van der Waals surface area (Å²) in [4.78, 5) is 1.98. The Kier molecular flexibility index (Phi) is 2.50. The molecule has 0 radical (unpaired) electrons. The van der Waals surface area contributed by atoms with Crippen molar-refractivity contribution in [2.45, 2.75) is 0 Å². The molecule has 0 spiro atoms. The third kappa shape index (κ3) is 1.45. The number of rotatable bonds is 1. The minimum atomic E-state index is -0.219. The van der Waals surface area contributed by atoms with Crippen molar-refractivity contribution < 1.29 is 21.2 Å². The van der Waals surface area contributed by atoms with Crippen LogP contribution in [0.2, 0.25) is 0 Å². The second kappa shape index (κ2) is 2.99. The molecule has 0 fully saturated rings. The molecule has 1 rings (SSSR count). The Balaban J connectivity index is 3.04. The van der Waals surface area contributed by atoms with E-state index in [-0.39, 0.29) is 21.2 Å². The molecule has 0 bridgehead atoms. The first kappa shape index (κ1) is 7.51. The van der Waals surface area contributed by atoms with Crippen LogP contribution >= 0.6 is 22.6 Å². The van der Waals surface area contributed by atoms with Gasteiger partial charge in [0.2, 0.25) is 0 Å². The molecule has 0 saturated carbocycles. The summed E-state index contributed by atoms with van der Waals surface area (Å²) in [6.07, 6.45) is 0. The third-order valence-corrected chi connectivity index (χ3v) is 2.99. The molecule has 0 aromatic carbocycles. The van der Waals surface area contributed by atoms with Crippen LogP contribution in [0.5, 0.6) is 0 Å². The van der Waals surface area contributed by atoms with Gasteiger partial charge in [-0.15, -0.1) is 0 Å². The van der Waals surface area contributed by atoms with Crippen LogP contribution in [0.3, 0.4) is 0 Å². The fourth-order valence-corrected chi connectivity index (χ4v) is 2.14. The van der Waals surface area contributed by atoms with Gasteiger partial charge in [-0.2, -0.15) is 0 Å². The molecule has 0 atom stereocenters. The van der Waals surface area contributed by atoms with Gasteiger partial charge in [-0.05, 0) is 0 Å². The molecule has 52 valence electrons. The van der Waals surface area contributed by atoms with Crippen molar-refractivity contribution in [1.29, 1.82) is 0 Å². The first-order valence-electron chi connectivity index (χ1n) is 2.03. The van der Waals surface area contributed by atoms with Crippen molar-refractivity contribution in [2.75, 3.05) is 4.93 Å². The van der Waals surface area contributed by atoms with Gasteiger partial charge in [0.15, 0.2) is 0 Å². The molecular weight excluding hydrogens is 348 g/mol. The molecule has 0 unspecified atom stereocenters. The molecule has 0 aliphatic heterocycles. The molecule has 1 aromatic heterocycles. The fraction of sp³-hybridized carbons (Fsp3) is 0.333. The predicted octanol–water partition coefficient (Wildman–Crippen LogP) is -2.88. The van der Waals surface area contributed by atoms with Gasteiger partial charge in [0.05, 0.1) is 0 Å². The Hall–Kier alpha value is 0.400. The summed E-state index contributed by atoms with van der Waals surface area (Å²) in [5.41, 5.74) is 0. The maximum atomic E-state index is 10.8. The second-order valence-electron chi connectivity index (χ2n) is 1.22. The number of halogens is 2. The average Bonchev–Trinajstić information content (AvgIpc) is 2.15. The molecule has 6 heteroatoms. The zero-order chi connectivity index (χ0) is 6.85. The van der Waals surface area contributed by atoms with Crippen LogP contribution in [0.15, 0.2) is 0 Å². The van der Waals surface area contributed by atoms with Gasteiger partial charge in [0.25, 0.3) is 0 Å². The molecule has 1 aromatic rings. The second-order valence-corrected chi connectivity index (χ2v) is 4.23. The van der Waals surface area contributed by atoms with Gasteiger partial charge in [0, 0.05) is 0 Å². The Morgan fingerprint density at radius 1 is 1.67 bits per heavy atom. The maximum absolute atomic E-state index is 10.8. The van der Waals surface area contributed by atoms with Crippen LogP contribution < -0.4 is 21.2 Å². The van der Waals surface area contributed by atoms with E-state index in [1.807, 2.05) is 27.5 Å². The molecule has 0 saturated heterocycles. The van der Waals surface area contributed by atoms with Gasteiger partial charge >= 0.3 is 76.5 Å². The first-order chi connectivity index (χ1) is 4.25. The monoisotopic (exact) mass is 351 g/mol. The summed E-state index contributed by atoms with van der Waals surface area (Å²) in [6, 6.07) is 0. The van der Waals surface area contributed by atoms with E-state index in [2.05, 4.69) is 10.2 Å². The number of nitrogens with zero attached hydrogens (tertiary/aromatic N) is 3. The molecule has 0 amide bonds. The molecule has 0 aliphatic rings. The summed E-state index contributed by atoms with van der Waals surface area (Å²) >= 11 is 1.64. The number of hydrogen-bond donors (Lipinski definition) is 0. The van der Waals surface area contributed by atoms with Gasteiger partial charge in [-0.3, -0.25) is 0 Å². The first-order valence-corrected chi connectivity index (χ1v) is 6.35. The Bertz CT molecular complexity index is 211. The quantitative estimate of drug-likeness (QED) is 0.404. The van der Waals surface area contributed by atoms with E-state index < -0.39 is 0 Å². The van der Waals surface area contributed by atoms with E-state index in [9.17, 15) is 5.21 Å². The number of aromatic nitrogens is 3. The number of hydrogen-bond acceptors (Lipinski definition) is 3. The zero-order valence-corrected chi connectivity index (χ0v) is 8.82. The Morgan fingerprint density at radius 2 is 2.33 bits per heavy atom. The fourth-order valence-electron chi connectivity index (χ4n) is 0.354. The summed E-state index contributed by atoms with van der Waals surface area (Å²) < 4.78 is 1.80. The van der Waals surface area contributed by atoms with Crippen LogP contribution in [0.25, 0.3) is 0 Å². The predicted molar refractivity (Wildman–Crippen MR) is 36.1 cm³/mol. The average molecular weight is 351 g/mol. The Labute approximate surface area is 76.0 Å². The van der Waals surface area contributed by atoms with Crippen molar-refractivity contribution >= 4 is 22.6 Å². The molecule has 9 heavy (non-hydrogen) atoms. The molecule has 0 N–H and O–H groups in total. The van der Waals surface area contributed by atoms with Crippen LogP contribution in [0.1, 0.15) is 0 Å². The van der Waals surface area contributed by atoms with E-state index >= 15 is 0 Å². The summed E-state index contributed by atoms with van der Waals surface area (Å²) in [5.74, 6) is 0. The van der Waals surface area contributed by atoms with Crippen LogP contribution in [-0.4, -0.2) is 19.9 Å². The SMILES string of the molecule is C[I-]c1nnc(I)n1[O-]. The standard InChI is InChI=1S/C3H3I2N3O/c1-5-3-7-6-2(4)8(3)9/h1H3/q-2. The minimum absolute atomic E-state index is 0.219. The summed E-state index contributed by atoms with van der Waals surface area (Å²) in [7, 11) is 0. The van der Waals surface area contributed by atoms with Gasteiger partial charge in [-0.25, -0.2) is 0 Å². The van der Waals surface area contributed by atoms with E-state index in [0.717, 1.165) is 4.73 Å². The van der Waals surface area contributed by atoms with Crippen molar-refractivity contribution in [3.05, 3.63) is 12.9 Å². The topological polar surface area (TPSA) is 53.8 Å². The van der Waals surface area contributed by atoms with Crippen molar-refractivity contribution in [3.63, 3.8) is 0 Å². The molecule has 1 heterocycles. The van der Waals surface area contributed by atoms with Crippen molar-refractivity contribution in [2.24, 2.45) is 0 Å². The zero-order valence-electron chi connectivity index (χ0n) is 4.51. The van der Waals surface area contributed by atoms with Crippen molar-refractivity contribution in [3.8, 4) is 0 Å². The van der Waals surface area contributed by atoms with E-state index in [1.54, 1.807) is 0 Å². The van der Waals surface area contributed by atoms with Gasteiger partial charge in [0.1, 0.15) is 0 Å². The molecule has 4 nitrogen and oxygen atoms in total. The Morgan fingerprint density at radius 3 is 2.56 bits per heavy atom. The van der Waals surface area contributed by atoms with Gasteiger partial charge < -0.3 is 0 Å². The normalized spacial score (nSPS) is 10.4. The van der Waals surface area contributed by atoms with Crippen LogP contribution in [0.4, 0.5) is 0 Å². The summed E-state index contributed by atoms with van der Waals surface area (Å²) in [6.45, 7) is 0. The van der Waals surface area contributed by atoms with E-state index in [4.69, 9.17) is 0 Å². The van der Waals surface area contributed by atoms with E-state index in [1.165, 1.54) is 0 Å². The number of alkyl halides is 1. The molecule has 0 aliphatic carbocycles. The van der Waals surface area contributed by atoms with Crippen LogP contribution in [0, 0.1) is 12.9 Å². The summed E-state index contributed by atoms with van der Waals surface area (Å²) in [5, 5.41) is 18.1. The third-order valence-electron chi connectivity index (χ3n) is 0.719. The van der Waals surface area contributed by atoms with Crippen LogP contribution in [-0.2, 0) is 0 Å². The molecular formula is C3H3I2N3O-2.